The van der Waals surface area contributed by atoms with Gasteiger partial charge in [-0.15, -0.1) is 0 Å². The highest BCUT2D eigenvalue weighted by Gasteiger charge is 2.34. The summed E-state index contributed by atoms with van der Waals surface area (Å²) in [4.78, 5) is 25.1. The van der Waals surface area contributed by atoms with Crippen LogP contribution in [0.1, 0.15) is 21.7 Å². The van der Waals surface area contributed by atoms with Gasteiger partial charge in [0.2, 0.25) is 5.88 Å². The van der Waals surface area contributed by atoms with Gasteiger partial charge in [-0.05, 0) is 31.2 Å². The van der Waals surface area contributed by atoms with Crippen LogP contribution in [0.5, 0.6) is 0 Å². The predicted molar refractivity (Wildman–Crippen MR) is 88.8 cm³/mol. The summed E-state index contributed by atoms with van der Waals surface area (Å²) in [5, 5.41) is 0. The molecule has 2 aromatic rings. The minimum Gasteiger partial charge on any atom is -0.442 e. The van der Waals surface area contributed by atoms with Crippen LogP contribution in [0.4, 0.5) is 16.0 Å². The summed E-state index contributed by atoms with van der Waals surface area (Å²) in [7, 11) is 1.65. The third-order valence-electron chi connectivity index (χ3n) is 4.21. The smallest absolute Gasteiger partial charge is 0.262 e. The molecule has 0 unspecified atom stereocenters. The number of benzene rings is 1. The molecular formula is C17H15FN4O2. The monoisotopic (exact) mass is 326 g/mol. The SMILES string of the molecule is Cc1oc2c(c1C(=O)N(C)c1ccc(F)cc1)C1=NCCN1C=N2. The van der Waals surface area contributed by atoms with E-state index in [0.717, 1.165) is 6.54 Å². The van der Waals surface area contributed by atoms with E-state index >= 15 is 0 Å². The molecule has 1 aromatic heterocycles. The summed E-state index contributed by atoms with van der Waals surface area (Å²) in [6.45, 7) is 3.13. The van der Waals surface area contributed by atoms with E-state index in [9.17, 15) is 9.18 Å². The third kappa shape index (κ3) is 2.12. The fourth-order valence-corrected chi connectivity index (χ4v) is 2.95. The van der Waals surface area contributed by atoms with Gasteiger partial charge in [0, 0.05) is 19.3 Å². The first-order chi connectivity index (χ1) is 11.6. The van der Waals surface area contributed by atoms with Gasteiger partial charge in [0.25, 0.3) is 5.91 Å². The Morgan fingerprint density at radius 2 is 2.08 bits per heavy atom. The zero-order valence-corrected chi connectivity index (χ0v) is 13.3. The number of halogens is 1. The summed E-state index contributed by atoms with van der Waals surface area (Å²) in [5.41, 5.74) is 1.67. The Morgan fingerprint density at radius 1 is 1.33 bits per heavy atom. The Morgan fingerprint density at radius 3 is 2.83 bits per heavy atom. The number of aryl methyl sites for hydroxylation is 1. The van der Waals surface area contributed by atoms with Crippen molar-refractivity contribution in [1.29, 1.82) is 0 Å². The van der Waals surface area contributed by atoms with Gasteiger partial charge in [-0.25, -0.2) is 9.38 Å². The van der Waals surface area contributed by atoms with Crippen LogP contribution in [0.2, 0.25) is 0 Å². The number of carbonyl (C=O) groups excluding carboxylic acids is 1. The first-order valence-electron chi connectivity index (χ1n) is 7.59. The van der Waals surface area contributed by atoms with Crippen molar-refractivity contribution in [3.63, 3.8) is 0 Å². The molecule has 0 N–H and O–H groups in total. The number of carbonyl (C=O) groups is 1. The van der Waals surface area contributed by atoms with Crippen LogP contribution in [-0.2, 0) is 0 Å². The van der Waals surface area contributed by atoms with Crippen LogP contribution in [-0.4, -0.2) is 43.1 Å². The van der Waals surface area contributed by atoms with Crippen molar-refractivity contribution in [2.75, 3.05) is 25.0 Å². The van der Waals surface area contributed by atoms with Gasteiger partial charge in [0.15, 0.2) is 0 Å². The fourth-order valence-electron chi connectivity index (χ4n) is 2.95. The highest BCUT2D eigenvalue weighted by atomic mass is 19.1. The lowest BCUT2D eigenvalue weighted by Crippen LogP contribution is -2.33. The molecule has 122 valence electrons. The topological polar surface area (TPSA) is 61.4 Å². The molecule has 2 aliphatic rings. The largest absolute Gasteiger partial charge is 0.442 e. The fraction of sp³-hybridized carbons (Fsp3) is 0.235. The third-order valence-corrected chi connectivity index (χ3v) is 4.21. The molecule has 1 aromatic carbocycles. The van der Waals surface area contributed by atoms with Crippen molar-refractivity contribution in [3.05, 3.63) is 47.0 Å². The van der Waals surface area contributed by atoms with Crippen LogP contribution >= 0.6 is 0 Å². The average Bonchev–Trinajstić information content (AvgIpc) is 3.17. The van der Waals surface area contributed by atoms with Crippen molar-refractivity contribution in [3.8, 4) is 0 Å². The minimum absolute atomic E-state index is 0.240. The number of rotatable bonds is 2. The number of fused-ring (bicyclic) bond motifs is 3. The van der Waals surface area contributed by atoms with Crippen LogP contribution in [0.15, 0.2) is 38.7 Å². The maximum atomic E-state index is 13.1. The summed E-state index contributed by atoms with van der Waals surface area (Å²) in [5.74, 6) is 1.03. The van der Waals surface area contributed by atoms with E-state index < -0.39 is 0 Å². The number of anilines is 1. The number of amides is 1. The molecule has 7 heteroatoms. The van der Waals surface area contributed by atoms with Crippen molar-refractivity contribution in [2.24, 2.45) is 9.98 Å². The van der Waals surface area contributed by atoms with Crippen molar-refractivity contribution >= 4 is 29.7 Å². The van der Waals surface area contributed by atoms with Gasteiger partial charge in [0.1, 0.15) is 23.8 Å². The maximum absolute atomic E-state index is 13.1. The van der Waals surface area contributed by atoms with E-state index in [1.54, 1.807) is 32.4 Å². The highest BCUT2D eigenvalue weighted by molar-refractivity contribution is 6.20. The molecule has 2 aliphatic heterocycles. The highest BCUT2D eigenvalue weighted by Crippen LogP contribution is 2.35. The van der Waals surface area contributed by atoms with E-state index in [-0.39, 0.29) is 11.7 Å². The molecular weight excluding hydrogens is 311 g/mol. The average molecular weight is 326 g/mol. The lowest BCUT2D eigenvalue weighted by molar-refractivity contribution is 0.0991. The lowest BCUT2D eigenvalue weighted by atomic mass is 10.1. The first kappa shape index (κ1) is 14.6. The van der Waals surface area contributed by atoms with Gasteiger partial charge in [-0.3, -0.25) is 9.79 Å². The van der Waals surface area contributed by atoms with Gasteiger partial charge < -0.3 is 14.2 Å². The maximum Gasteiger partial charge on any atom is 0.262 e. The number of hydrogen-bond acceptors (Lipinski definition) is 5. The number of amidine groups is 1. The van der Waals surface area contributed by atoms with E-state index in [0.29, 0.717) is 40.8 Å². The quantitative estimate of drug-likeness (QED) is 0.852. The van der Waals surface area contributed by atoms with Crippen molar-refractivity contribution < 1.29 is 13.6 Å². The van der Waals surface area contributed by atoms with Gasteiger partial charge in [-0.1, -0.05) is 0 Å². The van der Waals surface area contributed by atoms with Crippen LogP contribution < -0.4 is 4.90 Å². The Balaban J connectivity index is 1.77. The molecule has 24 heavy (non-hydrogen) atoms. The molecule has 0 radical (unpaired) electrons. The Labute approximate surface area is 137 Å². The number of furan rings is 1. The van der Waals surface area contributed by atoms with Crippen LogP contribution in [0.3, 0.4) is 0 Å². The van der Waals surface area contributed by atoms with Crippen molar-refractivity contribution in [2.45, 2.75) is 6.92 Å². The number of nitrogens with zero attached hydrogens (tertiary/aromatic N) is 4. The molecule has 0 atom stereocenters. The van der Waals surface area contributed by atoms with Crippen LogP contribution in [0, 0.1) is 12.7 Å². The van der Waals surface area contributed by atoms with Gasteiger partial charge in [-0.2, -0.15) is 0 Å². The molecule has 0 saturated heterocycles. The molecule has 0 spiro atoms. The van der Waals surface area contributed by atoms with Crippen LogP contribution in [0.25, 0.3) is 0 Å². The van der Waals surface area contributed by atoms with Crippen molar-refractivity contribution in [1.82, 2.24) is 4.90 Å². The van der Waals surface area contributed by atoms with E-state index in [1.807, 2.05) is 4.90 Å². The molecule has 1 amide bonds. The summed E-state index contributed by atoms with van der Waals surface area (Å²) < 4.78 is 18.8. The normalized spacial score (nSPS) is 15.1. The molecule has 3 heterocycles. The second-order valence-electron chi connectivity index (χ2n) is 5.70. The minimum atomic E-state index is -0.346. The summed E-state index contributed by atoms with van der Waals surface area (Å²) in [6, 6.07) is 5.77. The standard InChI is InChI=1S/C17H15FN4O2/c1-10-13(17(23)21(2)12-5-3-11(18)4-6-12)14-15-19-7-8-22(15)9-20-16(14)24-10/h3-6,9H,7-8H2,1-2H3. The first-order valence-corrected chi connectivity index (χ1v) is 7.59. The zero-order valence-electron chi connectivity index (χ0n) is 13.3. The zero-order chi connectivity index (χ0) is 16.8. The second kappa shape index (κ2) is 5.30. The lowest BCUT2D eigenvalue weighted by Gasteiger charge is -2.21. The second-order valence-corrected chi connectivity index (χ2v) is 5.70. The number of hydrogen-bond donors (Lipinski definition) is 0. The molecule has 0 saturated carbocycles. The molecule has 0 aliphatic carbocycles. The Kier molecular flexibility index (Phi) is 3.23. The molecule has 4 rings (SSSR count). The molecule has 0 fully saturated rings. The molecule has 0 bridgehead atoms. The van der Waals surface area contributed by atoms with Gasteiger partial charge in [0.05, 0.1) is 17.7 Å². The number of aliphatic imine (C=N–C) groups is 2. The predicted octanol–water partition coefficient (Wildman–Crippen LogP) is 2.74. The summed E-state index contributed by atoms with van der Waals surface area (Å²) >= 11 is 0. The van der Waals surface area contributed by atoms with E-state index in [1.165, 1.54) is 17.0 Å². The molecule has 6 nitrogen and oxygen atoms in total. The Hall–Kier alpha value is -2.96. The van der Waals surface area contributed by atoms with E-state index in [4.69, 9.17) is 4.42 Å². The summed E-state index contributed by atoms with van der Waals surface area (Å²) in [6.07, 6.45) is 1.68. The van der Waals surface area contributed by atoms with E-state index in [2.05, 4.69) is 9.98 Å². The Bertz CT molecular complexity index is 883. The van der Waals surface area contributed by atoms with Gasteiger partial charge >= 0.3 is 0 Å².